The molecule has 0 N–H and O–H groups in total. The molecule has 0 saturated carbocycles. The molecule has 2 aliphatic heterocycles. The molecular weight excluding hydrogens is 438 g/mol. The van der Waals surface area contributed by atoms with Crippen molar-refractivity contribution in [1.29, 1.82) is 0 Å². The molecule has 5 rings (SSSR count). The van der Waals surface area contributed by atoms with Gasteiger partial charge in [0.05, 0.1) is 19.1 Å². The highest BCUT2D eigenvalue weighted by atomic mass is 16.5. The topological polar surface area (TPSA) is 53.1 Å². The number of nitrogens with zero attached hydrogens (tertiary/aromatic N) is 3. The van der Waals surface area contributed by atoms with E-state index in [1.54, 1.807) is 12.0 Å². The minimum Gasteiger partial charge on any atom is -0.497 e. The van der Waals surface area contributed by atoms with Crippen LogP contribution >= 0.6 is 0 Å². The van der Waals surface area contributed by atoms with Crippen molar-refractivity contribution in [2.75, 3.05) is 44.7 Å². The Kier molecular flexibility index (Phi) is 6.82. The molecule has 0 radical (unpaired) electrons. The molecule has 0 unspecified atom stereocenters. The van der Waals surface area contributed by atoms with Gasteiger partial charge in [0.2, 0.25) is 11.8 Å². The van der Waals surface area contributed by atoms with Gasteiger partial charge in [-0.1, -0.05) is 60.7 Å². The van der Waals surface area contributed by atoms with Crippen molar-refractivity contribution in [3.05, 3.63) is 96.1 Å². The Morgan fingerprint density at radius 3 is 1.94 bits per heavy atom. The monoisotopic (exact) mass is 469 g/mol. The van der Waals surface area contributed by atoms with Crippen LogP contribution in [0.3, 0.4) is 0 Å². The zero-order valence-corrected chi connectivity index (χ0v) is 20.0. The summed E-state index contributed by atoms with van der Waals surface area (Å²) in [6.45, 7) is 3.36. The number of amides is 2. The van der Waals surface area contributed by atoms with Crippen molar-refractivity contribution in [1.82, 2.24) is 9.80 Å². The van der Waals surface area contributed by atoms with Gasteiger partial charge < -0.3 is 14.5 Å². The number of benzene rings is 3. The van der Waals surface area contributed by atoms with E-state index in [1.807, 2.05) is 41.3 Å². The van der Waals surface area contributed by atoms with Gasteiger partial charge in [0.25, 0.3) is 0 Å². The number of piperazine rings is 1. The first-order valence-electron chi connectivity index (χ1n) is 12.2. The van der Waals surface area contributed by atoms with Crippen LogP contribution in [0, 0.1) is 5.92 Å². The van der Waals surface area contributed by atoms with Crippen molar-refractivity contribution in [2.45, 2.75) is 12.5 Å². The third-order valence-electron chi connectivity index (χ3n) is 7.08. The fraction of sp³-hybridized carbons (Fsp3) is 0.310. The molecule has 1 atom stereocenters. The van der Waals surface area contributed by atoms with Gasteiger partial charge in [-0.2, -0.15) is 0 Å². The summed E-state index contributed by atoms with van der Waals surface area (Å²) >= 11 is 0. The summed E-state index contributed by atoms with van der Waals surface area (Å²) in [5.74, 6) is 0.538. The average Bonchev–Trinajstić information content (AvgIpc) is 3.31. The Morgan fingerprint density at radius 1 is 0.829 bits per heavy atom. The number of carbonyl (C=O) groups is 2. The second kappa shape index (κ2) is 10.3. The van der Waals surface area contributed by atoms with Crippen molar-refractivity contribution in [3.63, 3.8) is 0 Å². The van der Waals surface area contributed by atoms with Crippen LogP contribution in [0.1, 0.15) is 23.6 Å². The second-order valence-corrected chi connectivity index (χ2v) is 9.19. The van der Waals surface area contributed by atoms with Crippen LogP contribution in [0.5, 0.6) is 5.75 Å². The summed E-state index contributed by atoms with van der Waals surface area (Å²) in [5, 5.41) is 0. The third-order valence-corrected chi connectivity index (χ3v) is 7.08. The summed E-state index contributed by atoms with van der Waals surface area (Å²) in [6.07, 6.45) is 0.266. The SMILES string of the molecule is COc1ccc(N2C[C@@H](C(=O)N3CCN(C(c4ccccc4)c4ccccc4)CC3)CC2=O)cc1. The summed E-state index contributed by atoms with van der Waals surface area (Å²) in [5.41, 5.74) is 3.33. The summed E-state index contributed by atoms with van der Waals surface area (Å²) in [6, 6.07) is 28.7. The molecule has 2 aliphatic rings. The average molecular weight is 470 g/mol. The summed E-state index contributed by atoms with van der Waals surface area (Å²) in [7, 11) is 1.62. The van der Waals surface area contributed by atoms with Crippen LogP contribution < -0.4 is 9.64 Å². The molecule has 180 valence electrons. The summed E-state index contributed by atoms with van der Waals surface area (Å²) < 4.78 is 5.21. The number of hydrogen-bond donors (Lipinski definition) is 0. The maximum absolute atomic E-state index is 13.3. The number of carbonyl (C=O) groups excluding carboxylic acids is 2. The van der Waals surface area contributed by atoms with Crippen LogP contribution in [-0.4, -0.2) is 61.4 Å². The van der Waals surface area contributed by atoms with Gasteiger partial charge in [-0.3, -0.25) is 14.5 Å². The highest BCUT2D eigenvalue weighted by molar-refractivity contribution is 6.00. The van der Waals surface area contributed by atoms with Gasteiger partial charge in [-0.05, 0) is 35.4 Å². The van der Waals surface area contributed by atoms with Gasteiger partial charge in [-0.25, -0.2) is 0 Å². The number of ether oxygens (including phenoxy) is 1. The van der Waals surface area contributed by atoms with E-state index in [1.165, 1.54) is 11.1 Å². The lowest BCUT2D eigenvalue weighted by atomic mass is 9.96. The highest BCUT2D eigenvalue weighted by Crippen LogP contribution is 2.31. The van der Waals surface area contributed by atoms with Gasteiger partial charge in [0.15, 0.2) is 0 Å². The first-order chi connectivity index (χ1) is 17.1. The van der Waals surface area contributed by atoms with E-state index >= 15 is 0 Å². The van der Waals surface area contributed by atoms with E-state index < -0.39 is 0 Å². The second-order valence-electron chi connectivity index (χ2n) is 9.19. The van der Waals surface area contributed by atoms with Crippen LogP contribution in [-0.2, 0) is 9.59 Å². The van der Waals surface area contributed by atoms with E-state index in [-0.39, 0.29) is 30.2 Å². The third kappa shape index (κ3) is 4.93. The Balaban J connectivity index is 1.24. The molecule has 2 fully saturated rings. The molecule has 2 amide bonds. The first-order valence-corrected chi connectivity index (χ1v) is 12.2. The standard InChI is InChI=1S/C29H31N3O3/c1-35-26-14-12-25(13-15-26)32-21-24(20-27(32)33)29(34)31-18-16-30(17-19-31)28(22-8-4-2-5-9-22)23-10-6-3-7-11-23/h2-15,24,28H,16-21H2,1H3/t24-/m0/s1. The van der Waals surface area contributed by atoms with Crippen molar-refractivity contribution >= 4 is 17.5 Å². The van der Waals surface area contributed by atoms with Crippen LogP contribution in [0.2, 0.25) is 0 Å². The fourth-order valence-electron chi connectivity index (χ4n) is 5.23. The predicted molar refractivity (Wildman–Crippen MR) is 136 cm³/mol. The lowest BCUT2D eigenvalue weighted by Gasteiger charge is -2.40. The maximum atomic E-state index is 13.3. The number of anilines is 1. The van der Waals surface area contributed by atoms with Crippen LogP contribution in [0.25, 0.3) is 0 Å². The first kappa shape index (κ1) is 23.1. The molecule has 0 aromatic heterocycles. The van der Waals surface area contributed by atoms with E-state index in [4.69, 9.17) is 4.74 Å². The van der Waals surface area contributed by atoms with Crippen LogP contribution in [0.4, 0.5) is 5.69 Å². The predicted octanol–water partition coefficient (Wildman–Crippen LogP) is 3.98. The van der Waals surface area contributed by atoms with Crippen molar-refractivity contribution in [3.8, 4) is 5.75 Å². The molecule has 2 saturated heterocycles. The Hall–Kier alpha value is -3.64. The molecule has 35 heavy (non-hydrogen) atoms. The smallest absolute Gasteiger partial charge is 0.228 e. The lowest BCUT2D eigenvalue weighted by molar-refractivity contribution is -0.137. The minimum atomic E-state index is -0.296. The van der Waals surface area contributed by atoms with E-state index in [0.717, 1.165) is 24.5 Å². The number of rotatable bonds is 6. The quantitative estimate of drug-likeness (QED) is 0.548. The highest BCUT2D eigenvalue weighted by Gasteiger charge is 2.38. The Morgan fingerprint density at radius 2 is 1.40 bits per heavy atom. The molecule has 3 aromatic carbocycles. The Bertz CT molecular complexity index is 1100. The number of methoxy groups -OCH3 is 1. The molecule has 0 bridgehead atoms. The van der Waals surface area contributed by atoms with Gasteiger partial charge in [0, 0.05) is 44.8 Å². The van der Waals surface area contributed by atoms with E-state index in [0.29, 0.717) is 19.6 Å². The van der Waals surface area contributed by atoms with Gasteiger partial charge >= 0.3 is 0 Å². The largest absolute Gasteiger partial charge is 0.497 e. The van der Waals surface area contributed by atoms with Gasteiger partial charge in [0.1, 0.15) is 5.75 Å². The molecule has 2 heterocycles. The normalized spacial score (nSPS) is 18.8. The van der Waals surface area contributed by atoms with Crippen molar-refractivity contribution < 1.29 is 14.3 Å². The maximum Gasteiger partial charge on any atom is 0.228 e. The fourth-order valence-corrected chi connectivity index (χ4v) is 5.23. The van der Waals surface area contributed by atoms with Crippen molar-refractivity contribution in [2.24, 2.45) is 5.92 Å². The van der Waals surface area contributed by atoms with E-state index in [9.17, 15) is 9.59 Å². The van der Waals surface area contributed by atoms with Crippen LogP contribution in [0.15, 0.2) is 84.9 Å². The zero-order valence-electron chi connectivity index (χ0n) is 20.0. The lowest BCUT2D eigenvalue weighted by Crippen LogP contribution is -2.51. The molecule has 6 nitrogen and oxygen atoms in total. The van der Waals surface area contributed by atoms with E-state index in [2.05, 4.69) is 53.4 Å². The Labute approximate surface area is 206 Å². The molecule has 3 aromatic rings. The number of hydrogen-bond acceptors (Lipinski definition) is 4. The molecular formula is C29H31N3O3. The minimum absolute atomic E-state index is 0.000344. The van der Waals surface area contributed by atoms with Gasteiger partial charge in [-0.15, -0.1) is 0 Å². The molecule has 6 heteroatoms. The molecule has 0 spiro atoms. The summed E-state index contributed by atoms with van der Waals surface area (Å²) in [4.78, 5) is 32.2. The zero-order chi connectivity index (χ0) is 24.2. The molecule has 0 aliphatic carbocycles.